The molecule has 3 rings (SSSR count). The summed E-state index contributed by atoms with van der Waals surface area (Å²) in [6, 6.07) is 3.72. The summed E-state index contributed by atoms with van der Waals surface area (Å²) in [5.41, 5.74) is 1.80. The molecule has 4 heteroatoms. The molecule has 0 spiro atoms. The van der Waals surface area contributed by atoms with Gasteiger partial charge >= 0.3 is 0 Å². The Morgan fingerprint density at radius 2 is 1.71 bits per heavy atom. The highest BCUT2D eigenvalue weighted by Gasteiger charge is 2.34. The molecular weight excluding hydrogens is 266 g/mol. The van der Waals surface area contributed by atoms with Gasteiger partial charge in [0.25, 0.3) is 0 Å². The molecule has 4 nitrogen and oxygen atoms in total. The van der Waals surface area contributed by atoms with Crippen molar-refractivity contribution < 1.29 is 14.3 Å². The Morgan fingerprint density at radius 1 is 1.05 bits per heavy atom. The van der Waals surface area contributed by atoms with Crippen molar-refractivity contribution in [3.05, 3.63) is 23.3 Å². The molecule has 1 aliphatic heterocycles. The normalized spacial score (nSPS) is 22.8. The van der Waals surface area contributed by atoms with Crippen LogP contribution in [-0.2, 0) is 6.54 Å². The average Bonchev–Trinajstić information content (AvgIpc) is 2.55. The quantitative estimate of drug-likeness (QED) is 0.929. The lowest BCUT2D eigenvalue weighted by Crippen LogP contribution is -2.46. The maximum atomic E-state index is 12.8. The lowest BCUT2D eigenvalue weighted by atomic mass is 9.79. The molecule has 1 aromatic rings. The molecule has 0 unspecified atom stereocenters. The van der Waals surface area contributed by atoms with Crippen LogP contribution >= 0.6 is 0 Å². The van der Waals surface area contributed by atoms with Gasteiger partial charge in [-0.2, -0.15) is 0 Å². The zero-order valence-electron chi connectivity index (χ0n) is 12.8. The number of Topliss-reactive ketones (excluding diaryl/α,β-unsaturated/α-hetero) is 1. The summed E-state index contributed by atoms with van der Waals surface area (Å²) in [6.07, 6.45) is 6.11. The molecule has 1 saturated carbocycles. The maximum Gasteiger partial charge on any atom is 0.180 e. The minimum atomic E-state index is -0.0316. The number of hydrogen-bond acceptors (Lipinski definition) is 4. The van der Waals surface area contributed by atoms with Crippen molar-refractivity contribution in [1.82, 2.24) is 5.32 Å². The van der Waals surface area contributed by atoms with Crippen LogP contribution in [0.2, 0.25) is 0 Å². The Hall–Kier alpha value is -1.55. The van der Waals surface area contributed by atoms with Crippen molar-refractivity contribution in [1.29, 1.82) is 0 Å². The van der Waals surface area contributed by atoms with Crippen LogP contribution in [0.3, 0.4) is 0 Å². The van der Waals surface area contributed by atoms with E-state index in [2.05, 4.69) is 5.32 Å². The standard InChI is InChI=1S/C17H23NO3/c1-20-14-8-12-10-18-16(11-6-4-3-5-7-11)17(19)13(12)9-15(14)21-2/h8-9,11,16,18H,3-7,10H2,1-2H3/t16-/m0/s1. The summed E-state index contributed by atoms with van der Waals surface area (Å²) in [5, 5.41) is 3.44. The molecule has 0 radical (unpaired) electrons. The lowest BCUT2D eigenvalue weighted by Gasteiger charge is -2.33. The van der Waals surface area contributed by atoms with Crippen molar-refractivity contribution in [2.45, 2.75) is 44.7 Å². The number of carbonyl (C=O) groups is 1. The molecule has 1 aliphatic carbocycles. The fourth-order valence-electron chi connectivity index (χ4n) is 3.63. The third kappa shape index (κ3) is 2.64. The fourth-order valence-corrected chi connectivity index (χ4v) is 3.63. The Kier molecular flexibility index (Phi) is 4.15. The van der Waals surface area contributed by atoms with Crippen molar-refractivity contribution in [2.75, 3.05) is 14.2 Å². The highest BCUT2D eigenvalue weighted by Crippen LogP contribution is 2.35. The van der Waals surface area contributed by atoms with Gasteiger partial charge in [0.15, 0.2) is 17.3 Å². The van der Waals surface area contributed by atoms with Gasteiger partial charge in [-0.3, -0.25) is 4.79 Å². The number of benzene rings is 1. The van der Waals surface area contributed by atoms with Crippen LogP contribution in [0, 0.1) is 5.92 Å². The van der Waals surface area contributed by atoms with Gasteiger partial charge < -0.3 is 14.8 Å². The monoisotopic (exact) mass is 289 g/mol. The third-order valence-corrected chi connectivity index (χ3v) is 4.79. The average molecular weight is 289 g/mol. The number of carbonyl (C=O) groups excluding carboxylic acids is 1. The van der Waals surface area contributed by atoms with E-state index in [9.17, 15) is 4.79 Å². The number of ether oxygens (including phenoxy) is 2. The van der Waals surface area contributed by atoms with E-state index >= 15 is 0 Å². The molecule has 0 aromatic heterocycles. The summed E-state index contributed by atoms with van der Waals surface area (Å²) in [4.78, 5) is 12.8. The number of rotatable bonds is 3. The molecule has 1 atom stereocenters. The predicted octanol–water partition coefficient (Wildman–Crippen LogP) is 2.94. The van der Waals surface area contributed by atoms with E-state index < -0.39 is 0 Å². The van der Waals surface area contributed by atoms with Crippen molar-refractivity contribution >= 4 is 5.78 Å². The third-order valence-electron chi connectivity index (χ3n) is 4.79. The molecule has 0 amide bonds. The highest BCUT2D eigenvalue weighted by molar-refractivity contribution is 6.03. The number of hydrogen-bond donors (Lipinski definition) is 1. The van der Waals surface area contributed by atoms with Crippen LogP contribution < -0.4 is 14.8 Å². The van der Waals surface area contributed by atoms with Gasteiger partial charge in [0.2, 0.25) is 0 Å². The summed E-state index contributed by atoms with van der Waals surface area (Å²) in [7, 11) is 3.22. The van der Waals surface area contributed by atoms with Crippen LogP contribution in [0.5, 0.6) is 11.5 Å². The van der Waals surface area contributed by atoms with Gasteiger partial charge in [-0.05, 0) is 36.5 Å². The van der Waals surface area contributed by atoms with Gasteiger partial charge in [0, 0.05) is 12.1 Å². The second kappa shape index (κ2) is 6.06. The second-order valence-corrected chi connectivity index (χ2v) is 5.99. The molecule has 1 aromatic carbocycles. The minimum Gasteiger partial charge on any atom is -0.493 e. The van der Waals surface area contributed by atoms with E-state index in [1.54, 1.807) is 14.2 Å². The number of fused-ring (bicyclic) bond motifs is 1. The number of nitrogens with one attached hydrogen (secondary N) is 1. The summed E-state index contributed by atoms with van der Waals surface area (Å²) in [6.45, 7) is 0.725. The molecular formula is C17H23NO3. The zero-order valence-corrected chi connectivity index (χ0v) is 12.8. The van der Waals surface area contributed by atoms with E-state index in [1.165, 1.54) is 19.3 Å². The van der Waals surface area contributed by atoms with E-state index in [4.69, 9.17) is 9.47 Å². The van der Waals surface area contributed by atoms with E-state index in [1.807, 2.05) is 12.1 Å². The molecule has 0 saturated heterocycles. The van der Waals surface area contributed by atoms with Crippen molar-refractivity contribution in [3.8, 4) is 11.5 Å². The fraction of sp³-hybridized carbons (Fsp3) is 0.588. The second-order valence-electron chi connectivity index (χ2n) is 5.99. The Bertz CT molecular complexity index is 535. The largest absolute Gasteiger partial charge is 0.493 e. The highest BCUT2D eigenvalue weighted by atomic mass is 16.5. The van der Waals surface area contributed by atoms with Gasteiger partial charge in [-0.1, -0.05) is 19.3 Å². The summed E-state index contributed by atoms with van der Waals surface area (Å²) in [5.74, 6) is 2.01. The summed E-state index contributed by atoms with van der Waals surface area (Å²) >= 11 is 0. The van der Waals surface area contributed by atoms with Crippen LogP contribution in [0.1, 0.15) is 48.0 Å². The Labute approximate surface area is 125 Å². The first-order valence-corrected chi connectivity index (χ1v) is 7.77. The first-order valence-electron chi connectivity index (χ1n) is 7.77. The SMILES string of the molecule is COc1cc2c(cc1OC)C(=O)[C@H](C1CCCCC1)NC2. The maximum absolute atomic E-state index is 12.8. The van der Waals surface area contributed by atoms with Crippen LogP contribution in [0.25, 0.3) is 0 Å². The Balaban J connectivity index is 1.90. The first kappa shape index (κ1) is 14.4. The van der Waals surface area contributed by atoms with Gasteiger partial charge in [0.1, 0.15) is 0 Å². The van der Waals surface area contributed by atoms with Crippen LogP contribution in [0.4, 0.5) is 0 Å². The van der Waals surface area contributed by atoms with Crippen LogP contribution in [-0.4, -0.2) is 26.0 Å². The molecule has 2 aliphatic rings. The Morgan fingerprint density at radius 3 is 2.38 bits per heavy atom. The number of methoxy groups -OCH3 is 2. The molecule has 1 N–H and O–H groups in total. The minimum absolute atomic E-state index is 0.0316. The summed E-state index contributed by atoms with van der Waals surface area (Å²) < 4.78 is 10.7. The molecule has 0 bridgehead atoms. The number of ketones is 1. The molecule has 1 heterocycles. The topological polar surface area (TPSA) is 47.6 Å². The van der Waals surface area contributed by atoms with E-state index in [-0.39, 0.29) is 11.8 Å². The van der Waals surface area contributed by atoms with E-state index in [0.717, 1.165) is 30.5 Å². The van der Waals surface area contributed by atoms with Crippen molar-refractivity contribution in [3.63, 3.8) is 0 Å². The van der Waals surface area contributed by atoms with Crippen molar-refractivity contribution in [2.24, 2.45) is 5.92 Å². The molecule has 1 fully saturated rings. The molecule has 114 valence electrons. The van der Waals surface area contributed by atoms with Gasteiger partial charge in [-0.15, -0.1) is 0 Å². The first-order chi connectivity index (χ1) is 10.2. The van der Waals surface area contributed by atoms with Crippen LogP contribution in [0.15, 0.2) is 12.1 Å². The lowest BCUT2D eigenvalue weighted by molar-refractivity contribution is 0.0869. The smallest absolute Gasteiger partial charge is 0.180 e. The molecule has 21 heavy (non-hydrogen) atoms. The van der Waals surface area contributed by atoms with E-state index in [0.29, 0.717) is 17.4 Å². The van der Waals surface area contributed by atoms with Gasteiger partial charge in [0.05, 0.1) is 20.3 Å². The van der Waals surface area contributed by atoms with Gasteiger partial charge in [-0.25, -0.2) is 0 Å². The predicted molar refractivity (Wildman–Crippen MR) is 81.1 cm³/mol. The zero-order chi connectivity index (χ0) is 14.8.